The van der Waals surface area contributed by atoms with Gasteiger partial charge in [0.15, 0.2) is 0 Å². The molecule has 2 aliphatic carbocycles. The SMILES string of the molecule is CC1(C)CCC(C)(C)c2cc3c(cc21)sc1c3c2cccc3c2n1-c1c2c(cc4ccccc14)-c1cccc4c5sc6cc7c(cc6c5n(c14)B23)C(C)(C)CCC7(C)C. The van der Waals surface area contributed by atoms with Crippen LogP contribution in [-0.2, 0) is 21.7 Å². The monoisotopic (exact) mass is 798 g/mol. The summed E-state index contributed by atoms with van der Waals surface area (Å²) >= 11 is 4.04. The summed E-state index contributed by atoms with van der Waals surface area (Å²) in [6.07, 6.45) is 4.89. The van der Waals surface area contributed by atoms with Crippen LogP contribution in [0.5, 0.6) is 0 Å². The fraction of sp³-hybridized carbons (Fsp3) is 0.296. The molecule has 4 aliphatic rings. The van der Waals surface area contributed by atoms with E-state index in [1.165, 1.54) is 127 Å². The van der Waals surface area contributed by atoms with E-state index in [0.717, 1.165) is 0 Å². The third-order valence-electron chi connectivity index (χ3n) is 16.2. The molecule has 0 amide bonds. The van der Waals surface area contributed by atoms with Crippen molar-refractivity contribution in [3.8, 4) is 16.8 Å². The van der Waals surface area contributed by atoms with Gasteiger partial charge >= 0.3 is 6.85 Å². The van der Waals surface area contributed by atoms with Crippen LogP contribution in [0.4, 0.5) is 0 Å². The van der Waals surface area contributed by atoms with E-state index in [4.69, 9.17) is 0 Å². The number of benzene rings is 6. The minimum Gasteiger partial charge on any atom is -0.374 e. The summed E-state index contributed by atoms with van der Waals surface area (Å²) in [6.45, 7) is 19.8. The third kappa shape index (κ3) is 3.93. The maximum Gasteiger partial charge on any atom is 0.333 e. The quantitative estimate of drug-likeness (QED) is 0.135. The van der Waals surface area contributed by atoms with Crippen molar-refractivity contribution < 1.29 is 0 Å². The van der Waals surface area contributed by atoms with Crippen LogP contribution in [-0.4, -0.2) is 15.9 Å². The number of thiophene rings is 2. The summed E-state index contributed by atoms with van der Waals surface area (Å²) in [7, 11) is 0. The lowest BCUT2D eigenvalue weighted by atomic mass is 9.45. The summed E-state index contributed by atoms with van der Waals surface area (Å²) in [4.78, 5) is 1.39. The van der Waals surface area contributed by atoms with Gasteiger partial charge in [-0.2, -0.15) is 0 Å². The Morgan fingerprint density at radius 1 is 0.508 bits per heavy atom. The van der Waals surface area contributed by atoms with Gasteiger partial charge in [-0.25, -0.2) is 0 Å². The second kappa shape index (κ2) is 10.4. The van der Waals surface area contributed by atoms with E-state index in [-0.39, 0.29) is 28.5 Å². The molecule has 0 radical (unpaired) electrons. The lowest BCUT2D eigenvalue weighted by Gasteiger charge is -2.42. The van der Waals surface area contributed by atoms with E-state index < -0.39 is 0 Å². The Morgan fingerprint density at radius 2 is 1.10 bits per heavy atom. The Hall–Kier alpha value is -4.84. The maximum absolute atomic E-state index is 2.82. The Bertz CT molecular complexity index is 3630. The summed E-state index contributed by atoms with van der Waals surface area (Å²) in [5.74, 6) is 0. The molecule has 14 rings (SSSR count). The normalized spacial score (nSPS) is 19.1. The van der Waals surface area contributed by atoms with Crippen molar-refractivity contribution in [2.24, 2.45) is 0 Å². The zero-order chi connectivity index (χ0) is 39.9. The van der Waals surface area contributed by atoms with Gasteiger partial charge in [0.2, 0.25) is 0 Å². The van der Waals surface area contributed by atoms with Crippen LogP contribution in [0.1, 0.15) is 103 Å². The molecule has 2 aliphatic heterocycles. The van der Waals surface area contributed by atoms with Crippen molar-refractivity contribution in [3.05, 3.63) is 113 Å². The highest BCUT2D eigenvalue weighted by atomic mass is 32.1. The summed E-state index contributed by atoms with van der Waals surface area (Å²) in [5, 5.41) is 9.74. The predicted octanol–water partition coefficient (Wildman–Crippen LogP) is 14.1. The Balaban J connectivity index is 1.17. The van der Waals surface area contributed by atoms with Gasteiger partial charge in [-0.05, 0) is 122 Å². The van der Waals surface area contributed by atoms with Gasteiger partial charge in [-0.15, -0.1) is 22.7 Å². The van der Waals surface area contributed by atoms with Crippen LogP contribution in [0.25, 0.3) is 90.0 Å². The Labute approximate surface area is 353 Å². The molecular weight excluding hydrogens is 752 g/mol. The molecule has 0 atom stereocenters. The molecule has 6 heterocycles. The smallest absolute Gasteiger partial charge is 0.333 e. The maximum atomic E-state index is 2.82. The first kappa shape index (κ1) is 33.9. The first-order valence-corrected chi connectivity index (χ1v) is 23.5. The molecule has 0 saturated heterocycles. The highest BCUT2D eigenvalue weighted by Gasteiger charge is 2.45. The highest BCUT2D eigenvalue weighted by molar-refractivity contribution is 7.27. The topological polar surface area (TPSA) is 9.86 Å². The average Bonchev–Trinajstić information content (AvgIpc) is 3.95. The molecule has 0 bridgehead atoms. The van der Waals surface area contributed by atoms with Gasteiger partial charge in [0.05, 0.1) is 21.4 Å². The summed E-state index contributed by atoms with van der Waals surface area (Å²) in [5.41, 5.74) is 18.0. The van der Waals surface area contributed by atoms with Crippen molar-refractivity contribution >= 4 is 114 Å². The number of hydrogen-bond donors (Lipinski definition) is 0. The standard InChI is InChI=1S/C54H47BN2S2/c1-51(2)19-21-53(5,6)38-26-41-34(24-36(38)51)43-31-16-12-18-40-46(31)56(50(43)59-41)47-29-14-10-9-13-28(29)23-33-30-15-11-17-32-45(30)57(55(40)44(33)47)48-35-25-37-39(27-42(35)58-49(32)48)54(7,8)22-20-52(37,3)4/h9-18,23-27H,19-22H2,1-8H3. The fourth-order valence-electron chi connectivity index (χ4n) is 12.8. The first-order chi connectivity index (χ1) is 28.2. The van der Waals surface area contributed by atoms with Crippen molar-refractivity contribution in [1.82, 2.24) is 9.05 Å². The van der Waals surface area contributed by atoms with Gasteiger partial charge in [0.25, 0.3) is 0 Å². The van der Waals surface area contributed by atoms with Crippen molar-refractivity contribution in [2.45, 2.75) is 103 Å². The lowest BCUT2D eigenvalue weighted by Crippen LogP contribution is -2.55. The number of para-hydroxylation sites is 2. The van der Waals surface area contributed by atoms with Crippen molar-refractivity contribution in [1.29, 1.82) is 0 Å². The predicted molar refractivity (Wildman–Crippen MR) is 258 cm³/mol. The van der Waals surface area contributed by atoms with E-state index >= 15 is 0 Å². The molecule has 5 heteroatoms. The van der Waals surface area contributed by atoms with E-state index in [2.05, 4.69) is 155 Å². The molecule has 0 saturated carbocycles. The van der Waals surface area contributed by atoms with E-state index in [1.807, 2.05) is 22.7 Å². The zero-order valence-corrected chi connectivity index (χ0v) is 36.9. The van der Waals surface area contributed by atoms with Crippen LogP contribution in [0, 0.1) is 0 Å². The van der Waals surface area contributed by atoms with Crippen LogP contribution in [0.3, 0.4) is 0 Å². The first-order valence-electron chi connectivity index (χ1n) is 21.9. The van der Waals surface area contributed by atoms with Crippen molar-refractivity contribution in [2.75, 3.05) is 0 Å². The van der Waals surface area contributed by atoms with Gasteiger partial charge in [0, 0.05) is 52.8 Å². The average molecular weight is 799 g/mol. The second-order valence-corrected chi connectivity index (χ2v) is 23.4. The molecular formula is C54H47BN2S2. The molecule has 2 nitrogen and oxygen atoms in total. The van der Waals surface area contributed by atoms with Gasteiger partial charge < -0.3 is 9.05 Å². The van der Waals surface area contributed by atoms with Gasteiger partial charge in [-0.1, -0.05) is 116 Å². The minimum atomic E-state index is 0.0525. The molecule has 0 N–H and O–H groups in total. The molecule has 288 valence electrons. The summed E-state index contributed by atoms with van der Waals surface area (Å²) in [6, 6.07) is 36.6. The second-order valence-electron chi connectivity index (χ2n) is 21.3. The Morgan fingerprint density at radius 3 is 1.81 bits per heavy atom. The molecule has 0 spiro atoms. The zero-order valence-electron chi connectivity index (χ0n) is 35.3. The van der Waals surface area contributed by atoms with Crippen LogP contribution in [0.15, 0.2) is 91.0 Å². The number of fused-ring (bicyclic) bond motifs is 18. The number of aromatic nitrogens is 2. The van der Waals surface area contributed by atoms with Crippen LogP contribution in [0.2, 0.25) is 0 Å². The van der Waals surface area contributed by atoms with Gasteiger partial charge in [-0.3, -0.25) is 0 Å². The molecule has 59 heavy (non-hydrogen) atoms. The summed E-state index contributed by atoms with van der Waals surface area (Å²) < 4.78 is 9.84. The molecule has 0 unspecified atom stereocenters. The Kier molecular flexibility index (Phi) is 5.96. The molecule has 0 fully saturated rings. The van der Waals surface area contributed by atoms with E-state index in [0.29, 0.717) is 0 Å². The lowest BCUT2D eigenvalue weighted by molar-refractivity contribution is 0.332. The number of rotatable bonds is 0. The van der Waals surface area contributed by atoms with Crippen molar-refractivity contribution in [3.63, 3.8) is 0 Å². The van der Waals surface area contributed by atoms with Crippen LogP contribution >= 0.6 is 22.7 Å². The third-order valence-corrected chi connectivity index (χ3v) is 18.5. The molecule has 10 aromatic rings. The van der Waals surface area contributed by atoms with E-state index in [9.17, 15) is 0 Å². The molecule has 4 aromatic heterocycles. The highest BCUT2D eigenvalue weighted by Crippen LogP contribution is 2.54. The minimum absolute atomic E-state index is 0.0525. The molecule has 6 aromatic carbocycles. The largest absolute Gasteiger partial charge is 0.374 e. The number of nitrogens with zero attached hydrogens (tertiary/aromatic N) is 2. The van der Waals surface area contributed by atoms with Crippen LogP contribution < -0.4 is 10.9 Å². The van der Waals surface area contributed by atoms with E-state index in [1.54, 1.807) is 22.3 Å². The van der Waals surface area contributed by atoms with Gasteiger partial charge in [0.1, 0.15) is 4.83 Å². The fourth-order valence-corrected chi connectivity index (χ4v) is 15.3. The number of hydrogen-bond acceptors (Lipinski definition) is 2.